The maximum absolute atomic E-state index is 5.70. The predicted molar refractivity (Wildman–Crippen MR) is 83.2 cm³/mol. The summed E-state index contributed by atoms with van der Waals surface area (Å²) >= 11 is 1.82. The van der Waals surface area contributed by atoms with Gasteiger partial charge in [0.25, 0.3) is 0 Å². The topological polar surface area (TPSA) is 43.6 Å². The highest BCUT2D eigenvalue weighted by molar-refractivity contribution is 7.99. The maximum atomic E-state index is 5.70. The van der Waals surface area contributed by atoms with E-state index in [4.69, 9.17) is 13.9 Å². The van der Waals surface area contributed by atoms with Gasteiger partial charge in [-0.3, -0.25) is 0 Å². The molecular weight excluding hydrogens is 286 g/mol. The molecule has 5 heteroatoms. The Morgan fingerprint density at radius 2 is 2.00 bits per heavy atom. The summed E-state index contributed by atoms with van der Waals surface area (Å²) in [5, 5.41) is 3.39. The van der Waals surface area contributed by atoms with E-state index in [2.05, 4.69) is 17.4 Å². The Morgan fingerprint density at radius 3 is 2.86 bits per heavy atom. The van der Waals surface area contributed by atoms with Crippen molar-refractivity contribution in [1.29, 1.82) is 0 Å². The van der Waals surface area contributed by atoms with Gasteiger partial charge in [-0.15, -0.1) is 11.8 Å². The standard InChI is InChI=1S/C16H19NO3S/c1-6-19-15-3-2-14(10-16(15)20-7-1)21-9-5-17-11-13-4-8-18-12-13/h2-4,8,10,12,17H,1,5-7,9,11H2. The lowest BCUT2D eigenvalue weighted by atomic mass is 10.3. The van der Waals surface area contributed by atoms with E-state index in [1.54, 1.807) is 12.5 Å². The Balaban J connectivity index is 1.44. The normalized spacial score (nSPS) is 13.9. The predicted octanol–water partition coefficient (Wildman–Crippen LogP) is 3.32. The fourth-order valence-corrected chi connectivity index (χ4v) is 2.94. The SMILES string of the molecule is c1cc(CNCCSc2ccc3c(c2)OCCCO3)co1. The van der Waals surface area contributed by atoms with Crippen molar-refractivity contribution in [1.82, 2.24) is 5.32 Å². The Kier molecular flexibility index (Phi) is 5.08. The summed E-state index contributed by atoms with van der Waals surface area (Å²) in [6.07, 6.45) is 4.41. The minimum Gasteiger partial charge on any atom is -0.490 e. The number of hydrogen-bond donors (Lipinski definition) is 1. The van der Waals surface area contributed by atoms with Crippen molar-refractivity contribution in [3.63, 3.8) is 0 Å². The molecule has 0 bridgehead atoms. The fraction of sp³-hybridized carbons (Fsp3) is 0.375. The molecule has 4 nitrogen and oxygen atoms in total. The van der Waals surface area contributed by atoms with Gasteiger partial charge in [0, 0.05) is 35.7 Å². The van der Waals surface area contributed by atoms with Crippen molar-refractivity contribution in [2.75, 3.05) is 25.5 Å². The molecule has 2 heterocycles. The molecule has 0 saturated heterocycles. The molecule has 0 amide bonds. The second kappa shape index (κ2) is 7.43. The molecule has 0 atom stereocenters. The van der Waals surface area contributed by atoms with Crippen molar-refractivity contribution in [3.05, 3.63) is 42.4 Å². The number of thioether (sulfide) groups is 1. The lowest BCUT2D eigenvalue weighted by Crippen LogP contribution is -2.15. The molecule has 0 unspecified atom stereocenters. The summed E-state index contributed by atoms with van der Waals surface area (Å²) in [6.45, 7) is 3.26. The lowest BCUT2D eigenvalue weighted by molar-refractivity contribution is 0.297. The monoisotopic (exact) mass is 305 g/mol. The largest absolute Gasteiger partial charge is 0.490 e. The summed E-state index contributed by atoms with van der Waals surface area (Å²) in [5.41, 5.74) is 1.18. The highest BCUT2D eigenvalue weighted by Crippen LogP contribution is 2.33. The summed E-state index contributed by atoms with van der Waals surface area (Å²) in [4.78, 5) is 1.21. The average Bonchev–Trinajstić information content (AvgIpc) is 2.91. The number of hydrogen-bond acceptors (Lipinski definition) is 5. The highest BCUT2D eigenvalue weighted by Gasteiger charge is 2.10. The smallest absolute Gasteiger partial charge is 0.162 e. The zero-order valence-corrected chi connectivity index (χ0v) is 12.7. The molecule has 1 N–H and O–H groups in total. The third kappa shape index (κ3) is 4.19. The molecule has 1 aliphatic rings. The van der Waals surface area contributed by atoms with Crippen LogP contribution in [0.1, 0.15) is 12.0 Å². The fourth-order valence-electron chi connectivity index (χ4n) is 2.10. The summed E-state index contributed by atoms with van der Waals surface area (Å²) in [7, 11) is 0. The molecule has 21 heavy (non-hydrogen) atoms. The second-order valence-electron chi connectivity index (χ2n) is 4.82. The molecule has 0 saturated carbocycles. The molecule has 0 spiro atoms. The van der Waals surface area contributed by atoms with Crippen LogP contribution in [0.25, 0.3) is 0 Å². The highest BCUT2D eigenvalue weighted by atomic mass is 32.2. The van der Waals surface area contributed by atoms with Gasteiger partial charge in [-0.2, -0.15) is 0 Å². The van der Waals surface area contributed by atoms with Gasteiger partial charge in [-0.05, 0) is 24.3 Å². The van der Waals surface area contributed by atoms with E-state index >= 15 is 0 Å². The Morgan fingerprint density at radius 1 is 1.10 bits per heavy atom. The molecule has 3 rings (SSSR count). The van der Waals surface area contributed by atoms with E-state index in [9.17, 15) is 0 Å². The number of ether oxygens (including phenoxy) is 2. The molecule has 1 aromatic heterocycles. The minimum absolute atomic E-state index is 0.730. The first-order valence-corrected chi connectivity index (χ1v) is 8.14. The van der Waals surface area contributed by atoms with Gasteiger partial charge in [-0.25, -0.2) is 0 Å². The van der Waals surface area contributed by atoms with Crippen LogP contribution < -0.4 is 14.8 Å². The van der Waals surface area contributed by atoms with Crippen LogP contribution in [0.4, 0.5) is 0 Å². The number of benzene rings is 1. The third-order valence-electron chi connectivity index (χ3n) is 3.18. The van der Waals surface area contributed by atoms with E-state index < -0.39 is 0 Å². The van der Waals surface area contributed by atoms with Crippen molar-refractivity contribution in [3.8, 4) is 11.5 Å². The van der Waals surface area contributed by atoms with E-state index in [1.807, 2.05) is 23.9 Å². The third-order valence-corrected chi connectivity index (χ3v) is 4.17. The van der Waals surface area contributed by atoms with Gasteiger partial charge in [0.1, 0.15) is 0 Å². The molecule has 2 aromatic rings. The van der Waals surface area contributed by atoms with Crippen LogP contribution in [0.3, 0.4) is 0 Å². The average molecular weight is 305 g/mol. The Bertz CT molecular complexity index is 557. The summed E-state index contributed by atoms with van der Waals surface area (Å²) in [6, 6.07) is 8.14. The van der Waals surface area contributed by atoms with Crippen molar-refractivity contribution in [2.45, 2.75) is 17.9 Å². The first kappa shape index (κ1) is 14.4. The number of furan rings is 1. The first-order valence-electron chi connectivity index (χ1n) is 7.16. The summed E-state index contributed by atoms with van der Waals surface area (Å²) < 4.78 is 16.4. The van der Waals surface area contributed by atoms with Crippen LogP contribution in [0, 0.1) is 0 Å². The van der Waals surface area contributed by atoms with Crippen LogP contribution in [-0.4, -0.2) is 25.5 Å². The second-order valence-corrected chi connectivity index (χ2v) is 5.98. The van der Waals surface area contributed by atoms with E-state index in [0.717, 1.165) is 50.0 Å². The summed E-state index contributed by atoms with van der Waals surface area (Å²) in [5.74, 6) is 2.73. The quantitative estimate of drug-likeness (QED) is 0.655. The molecule has 1 aliphatic heterocycles. The zero-order valence-electron chi connectivity index (χ0n) is 11.8. The van der Waals surface area contributed by atoms with Gasteiger partial charge >= 0.3 is 0 Å². The molecule has 1 aromatic carbocycles. The Labute approximate surface area is 128 Å². The van der Waals surface area contributed by atoms with Crippen LogP contribution in [0.15, 0.2) is 46.1 Å². The van der Waals surface area contributed by atoms with Crippen molar-refractivity contribution in [2.24, 2.45) is 0 Å². The maximum Gasteiger partial charge on any atom is 0.162 e. The number of nitrogens with one attached hydrogen (secondary N) is 1. The van der Waals surface area contributed by atoms with Crippen LogP contribution >= 0.6 is 11.8 Å². The molecule has 0 radical (unpaired) electrons. The molecular formula is C16H19NO3S. The van der Waals surface area contributed by atoms with Gasteiger partial charge < -0.3 is 19.2 Å². The van der Waals surface area contributed by atoms with Crippen molar-refractivity contribution >= 4 is 11.8 Å². The zero-order chi connectivity index (χ0) is 14.3. The number of rotatable bonds is 6. The first-order chi connectivity index (χ1) is 10.4. The van der Waals surface area contributed by atoms with Gasteiger partial charge in [0.05, 0.1) is 25.7 Å². The van der Waals surface area contributed by atoms with E-state index in [-0.39, 0.29) is 0 Å². The number of fused-ring (bicyclic) bond motifs is 1. The van der Waals surface area contributed by atoms with Crippen LogP contribution in [0.2, 0.25) is 0 Å². The molecule has 0 aliphatic carbocycles. The van der Waals surface area contributed by atoms with Gasteiger partial charge in [-0.1, -0.05) is 0 Å². The van der Waals surface area contributed by atoms with Gasteiger partial charge in [0.2, 0.25) is 0 Å². The molecule has 112 valence electrons. The van der Waals surface area contributed by atoms with Crippen LogP contribution in [-0.2, 0) is 6.54 Å². The minimum atomic E-state index is 0.730. The van der Waals surface area contributed by atoms with E-state index in [0.29, 0.717) is 0 Å². The van der Waals surface area contributed by atoms with Crippen LogP contribution in [0.5, 0.6) is 11.5 Å². The van der Waals surface area contributed by atoms with E-state index in [1.165, 1.54) is 10.5 Å². The Hall–Kier alpha value is -1.59. The lowest BCUT2D eigenvalue weighted by Gasteiger charge is -2.09. The molecule has 0 fully saturated rings. The van der Waals surface area contributed by atoms with Crippen molar-refractivity contribution < 1.29 is 13.9 Å². The van der Waals surface area contributed by atoms with Gasteiger partial charge in [0.15, 0.2) is 11.5 Å².